The van der Waals surface area contributed by atoms with Gasteiger partial charge in [-0.3, -0.25) is 4.79 Å². The Bertz CT molecular complexity index is 238. The number of nitrogens with one attached hydrogen (secondary N) is 1. The van der Waals surface area contributed by atoms with Crippen molar-refractivity contribution in [3.63, 3.8) is 0 Å². The van der Waals surface area contributed by atoms with Gasteiger partial charge < -0.3 is 22.0 Å². The minimum Gasteiger partial charge on any atom is -0.409 e. The Labute approximate surface area is 89.7 Å². The first kappa shape index (κ1) is 13.7. The summed E-state index contributed by atoms with van der Waals surface area (Å²) in [7, 11) is 0. The molecular formula is C9H20N4O2. The summed E-state index contributed by atoms with van der Waals surface area (Å²) in [5.41, 5.74) is 9.79. The van der Waals surface area contributed by atoms with Crippen LogP contribution in [0.2, 0.25) is 0 Å². The molecule has 0 atom stereocenters. The van der Waals surface area contributed by atoms with Crippen molar-refractivity contribution in [3.8, 4) is 0 Å². The van der Waals surface area contributed by atoms with Crippen molar-refractivity contribution in [1.29, 1.82) is 0 Å². The number of rotatable bonds is 7. The summed E-state index contributed by atoms with van der Waals surface area (Å²) in [5, 5.41) is 14.2. The van der Waals surface area contributed by atoms with Crippen molar-refractivity contribution in [1.82, 2.24) is 5.32 Å². The van der Waals surface area contributed by atoms with Gasteiger partial charge in [-0.15, -0.1) is 0 Å². The van der Waals surface area contributed by atoms with Gasteiger partial charge in [0.1, 0.15) is 5.84 Å². The van der Waals surface area contributed by atoms with E-state index in [-0.39, 0.29) is 11.7 Å². The Morgan fingerprint density at radius 1 is 1.40 bits per heavy atom. The number of nitrogens with zero attached hydrogens (tertiary/aromatic N) is 1. The molecule has 0 unspecified atom stereocenters. The Morgan fingerprint density at radius 2 is 2.00 bits per heavy atom. The van der Waals surface area contributed by atoms with E-state index in [1.165, 1.54) is 0 Å². The van der Waals surface area contributed by atoms with Crippen molar-refractivity contribution in [3.05, 3.63) is 0 Å². The van der Waals surface area contributed by atoms with Gasteiger partial charge in [-0.1, -0.05) is 5.16 Å². The minimum atomic E-state index is -0.684. The van der Waals surface area contributed by atoms with Crippen molar-refractivity contribution in [2.45, 2.75) is 38.6 Å². The lowest BCUT2D eigenvalue weighted by Gasteiger charge is -2.22. The molecule has 0 aromatic carbocycles. The number of hydrogen-bond donors (Lipinski definition) is 4. The number of carbonyl (C=O) groups excluding carboxylic acids is 1. The van der Waals surface area contributed by atoms with E-state index in [1.807, 2.05) is 0 Å². The predicted molar refractivity (Wildman–Crippen MR) is 58.5 cm³/mol. The number of primary amides is 1. The molecule has 1 amide bonds. The summed E-state index contributed by atoms with van der Waals surface area (Å²) >= 11 is 0. The van der Waals surface area contributed by atoms with Gasteiger partial charge in [-0.2, -0.15) is 0 Å². The van der Waals surface area contributed by atoms with Gasteiger partial charge in [0.25, 0.3) is 0 Å². The van der Waals surface area contributed by atoms with E-state index in [0.29, 0.717) is 13.0 Å². The van der Waals surface area contributed by atoms with Gasteiger partial charge in [-0.25, -0.2) is 0 Å². The molecule has 6 N–H and O–H groups in total. The molecular weight excluding hydrogens is 196 g/mol. The van der Waals surface area contributed by atoms with Crippen molar-refractivity contribution in [2.75, 3.05) is 6.54 Å². The van der Waals surface area contributed by atoms with E-state index < -0.39 is 5.54 Å². The topological polar surface area (TPSA) is 114 Å². The molecule has 0 aliphatic rings. The largest absolute Gasteiger partial charge is 0.409 e. The molecule has 0 spiro atoms. The molecule has 0 saturated heterocycles. The highest BCUT2D eigenvalue weighted by Gasteiger charge is 2.22. The fraction of sp³-hybridized carbons (Fsp3) is 0.778. The van der Waals surface area contributed by atoms with Crippen LogP contribution < -0.4 is 16.8 Å². The zero-order valence-corrected chi connectivity index (χ0v) is 9.29. The highest BCUT2D eigenvalue weighted by molar-refractivity contribution is 5.83. The third-order valence-electron chi connectivity index (χ3n) is 2.17. The molecule has 6 nitrogen and oxygen atoms in total. The van der Waals surface area contributed by atoms with E-state index >= 15 is 0 Å². The molecule has 0 aliphatic heterocycles. The van der Waals surface area contributed by atoms with Crippen LogP contribution in [0.3, 0.4) is 0 Å². The number of amides is 1. The first-order valence-corrected chi connectivity index (χ1v) is 4.91. The second-order valence-electron chi connectivity index (χ2n) is 3.96. The maximum absolute atomic E-state index is 10.9. The van der Waals surface area contributed by atoms with Crippen molar-refractivity contribution >= 4 is 11.7 Å². The minimum absolute atomic E-state index is 0.226. The molecule has 0 aliphatic carbocycles. The smallest absolute Gasteiger partial charge is 0.237 e. The Balaban J connectivity index is 3.59. The van der Waals surface area contributed by atoms with E-state index in [1.54, 1.807) is 13.8 Å². The zero-order valence-electron chi connectivity index (χ0n) is 9.29. The highest BCUT2D eigenvalue weighted by Crippen LogP contribution is 2.01. The number of hydrogen-bond acceptors (Lipinski definition) is 4. The summed E-state index contributed by atoms with van der Waals surface area (Å²) in [5.74, 6) is -0.150. The van der Waals surface area contributed by atoms with E-state index in [0.717, 1.165) is 12.8 Å². The van der Waals surface area contributed by atoms with Crippen molar-refractivity contribution < 1.29 is 10.0 Å². The van der Waals surface area contributed by atoms with Gasteiger partial charge >= 0.3 is 0 Å². The van der Waals surface area contributed by atoms with Gasteiger partial charge in [-0.05, 0) is 33.2 Å². The van der Waals surface area contributed by atoms with Crippen LogP contribution in [0.4, 0.5) is 0 Å². The molecule has 0 saturated carbocycles. The van der Waals surface area contributed by atoms with Gasteiger partial charge in [0.2, 0.25) is 5.91 Å². The first-order valence-electron chi connectivity index (χ1n) is 4.91. The van der Waals surface area contributed by atoms with E-state index in [2.05, 4.69) is 10.5 Å². The van der Waals surface area contributed by atoms with Crippen LogP contribution in [0.1, 0.15) is 33.1 Å². The Morgan fingerprint density at radius 3 is 2.47 bits per heavy atom. The SMILES string of the molecule is CC(C)(NCCCCC(N)=NO)C(N)=O. The predicted octanol–water partition coefficient (Wildman–Crippen LogP) is -0.243. The standard InChI is InChI=1S/C9H20N4O2/c1-9(2,8(11)14)12-6-4-3-5-7(10)13-15/h12,15H,3-6H2,1-2H3,(H2,10,13)(H2,11,14). The quantitative estimate of drug-likeness (QED) is 0.154. The van der Waals surface area contributed by atoms with Gasteiger partial charge in [0, 0.05) is 6.42 Å². The summed E-state index contributed by atoms with van der Waals surface area (Å²) in [6.07, 6.45) is 2.19. The summed E-state index contributed by atoms with van der Waals surface area (Å²) in [6, 6.07) is 0. The Kier molecular flexibility index (Phi) is 5.69. The summed E-state index contributed by atoms with van der Waals surface area (Å²) < 4.78 is 0. The zero-order chi connectivity index (χ0) is 11.9. The fourth-order valence-corrected chi connectivity index (χ4v) is 0.969. The maximum Gasteiger partial charge on any atom is 0.237 e. The van der Waals surface area contributed by atoms with Gasteiger partial charge in [0.15, 0.2) is 0 Å². The second-order valence-corrected chi connectivity index (χ2v) is 3.96. The van der Waals surface area contributed by atoms with E-state index in [4.69, 9.17) is 16.7 Å². The number of amidine groups is 1. The van der Waals surface area contributed by atoms with Crippen LogP contribution in [0.5, 0.6) is 0 Å². The maximum atomic E-state index is 10.9. The van der Waals surface area contributed by atoms with Crippen LogP contribution in [0, 0.1) is 0 Å². The third-order valence-corrected chi connectivity index (χ3v) is 2.17. The van der Waals surface area contributed by atoms with Crippen LogP contribution in [-0.4, -0.2) is 29.0 Å². The number of nitrogens with two attached hydrogens (primary N) is 2. The van der Waals surface area contributed by atoms with Crippen LogP contribution in [0.25, 0.3) is 0 Å². The lowest BCUT2D eigenvalue weighted by molar-refractivity contribution is -0.123. The molecule has 0 rings (SSSR count). The highest BCUT2D eigenvalue weighted by atomic mass is 16.4. The van der Waals surface area contributed by atoms with Crippen LogP contribution in [0.15, 0.2) is 5.16 Å². The molecule has 0 aromatic rings. The molecule has 0 radical (unpaired) electrons. The summed E-state index contributed by atoms with van der Waals surface area (Å²) in [6.45, 7) is 4.15. The first-order chi connectivity index (χ1) is 6.90. The third kappa shape index (κ3) is 5.90. The van der Waals surface area contributed by atoms with Crippen LogP contribution in [-0.2, 0) is 4.79 Å². The summed E-state index contributed by atoms with van der Waals surface area (Å²) in [4.78, 5) is 10.9. The van der Waals surface area contributed by atoms with Crippen LogP contribution >= 0.6 is 0 Å². The van der Waals surface area contributed by atoms with E-state index in [9.17, 15) is 4.79 Å². The van der Waals surface area contributed by atoms with Crippen molar-refractivity contribution in [2.24, 2.45) is 16.6 Å². The number of oxime groups is 1. The molecule has 0 heterocycles. The molecule has 0 fully saturated rings. The molecule has 0 bridgehead atoms. The average molecular weight is 216 g/mol. The monoisotopic (exact) mass is 216 g/mol. The molecule has 6 heteroatoms. The van der Waals surface area contributed by atoms with Gasteiger partial charge in [0.05, 0.1) is 5.54 Å². The Hall–Kier alpha value is -1.30. The normalized spacial score (nSPS) is 12.8. The number of carbonyl (C=O) groups is 1. The average Bonchev–Trinajstić information content (AvgIpc) is 2.16. The lowest BCUT2D eigenvalue weighted by Crippen LogP contribution is -2.50. The number of unbranched alkanes of at least 4 members (excludes halogenated alkanes) is 1. The second kappa shape index (κ2) is 6.23. The molecule has 15 heavy (non-hydrogen) atoms. The molecule has 0 aromatic heterocycles. The molecule has 88 valence electrons. The lowest BCUT2D eigenvalue weighted by atomic mass is 10.0. The fourth-order valence-electron chi connectivity index (χ4n) is 0.969.